The van der Waals surface area contributed by atoms with E-state index in [1.54, 1.807) is 0 Å². The Balaban J connectivity index is 1.99. The molecule has 2 heterocycles. The average Bonchev–Trinajstić information content (AvgIpc) is 2.99. The van der Waals surface area contributed by atoms with Crippen molar-refractivity contribution in [1.82, 2.24) is 14.5 Å². The van der Waals surface area contributed by atoms with E-state index in [1.807, 2.05) is 30.2 Å². The summed E-state index contributed by atoms with van der Waals surface area (Å²) in [4.78, 5) is 8.86. The minimum atomic E-state index is 0.0127. The van der Waals surface area contributed by atoms with Gasteiger partial charge in [0, 0.05) is 19.8 Å². The molecule has 18 heavy (non-hydrogen) atoms. The molecule has 0 amide bonds. The van der Waals surface area contributed by atoms with Crippen LogP contribution >= 0.6 is 0 Å². The predicted octanol–water partition coefficient (Wildman–Crippen LogP) is 1.65. The van der Waals surface area contributed by atoms with Crippen molar-refractivity contribution in [3.05, 3.63) is 18.6 Å². The monoisotopic (exact) mass is 245 g/mol. The van der Waals surface area contributed by atoms with Gasteiger partial charge in [-0.2, -0.15) is 0 Å². The Kier molecular flexibility index (Phi) is 2.70. The number of hydrogen-bond acceptors (Lipinski definition) is 4. The predicted molar refractivity (Wildman–Crippen MR) is 72.4 cm³/mol. The zero-order valence-corrected chi connectivity index (χ0v) is 10.7. The van der Waals surface area contributed by atoms with Crippen LogP contribution in [0.15, 0.2) is 18.6 Å². The summed E-state index contributed by atoms with van der Waals surface area (Å²) in [5, 5.41) is 3.55. The standard InChI is InChI=1S/C13H19N5/c1-18-9-16-11-10(18)4-7-15-12(11)17-13(8-14)5-2-3-6-13/h4,7,9H,2-3,5-6,8,14H2,1H3,(H,15,17). The summed E-state index contributed by atoms with van der Waals surface area (Å²) >= 11 is 0. The largest absolute Gasteiger partial charge is 0.362 e. The van der Waals surface area contributed by atoms with Crippen molar-refractivity contribution in [3.63, 3.8) is 0 Å². The van der Waals surface area contributed by atoms with E-state index in [4.69, 9.17) is 5.73 Å². The molecule has 3 N–H and O–H groups in total. The van der Waals surface area contributed by atoms with Gasteiger partial charge < -0.3 is 15.6 Å². The number of aryl methyl sites for hydroxylation is 1. The lowest BCUT2D eigenvalue weighted by molar-refractivity contribution is 0.492. The summed E-state index contributed by atoms with van der Waals surface area (Å²) in [5.41, 5.74) is 7.99. The van der Waals surface area contributed by atoms with E-state index in [-0.39, 0.29) is 5.54 Å². The molecule has 0 radical (unpaired) electrons. The van der Waals surface area contributed by atoms with Gasteiger partial charge in [-0.25, -0.2) is 9.97 Å². The van der Waals surface area contributed by atoms with Gasteiger partial charge in [0.05, 0.1) is 17.4 Å². The molecular formula is C13H19N5. The van der Waals surface area contributed by atoms with Crippen molar-refractivity contribution in [3.8, 4) is 0 Å². The third kappa shape index (κ3) is 1.75. The summed E-state index contributed by atoms with van der Waals surface area (Å²) in [7, 11) is 1.99. The second kappa shape index (κ2) is 4.24. The fraction of sp³-hybridized carbons (Fsp3) is 0.538. The summed E-state index contributed by atoms with van der Waals surface area (Å²) < 4.78 is 2.01. The topological polar surface area (TPSA) is 68.8 Å². The number of aromatic nitrogens is 3. The SMILES string of the molecule is Cn1cnc2c(NC3(CN)CCCC3)nccc21. The van der Waals surface area contributed by atoms with Crippen molar-refractivity contribution >= 4 is 16.9 Å². The molecule has 3 rings (SSSR count). The molecule has 0 spiro atoms. The van der Waals surface area contributed by atoms with E-state index >= 15 is 0 Å². The van der Waals surface area contributed by atoms with E-state index in [1.165, 1.54) is 12.8 Å². The molecule has 5 nitrogen and oxygen atoms in total. The molecule has 2 aromatic heterocycles. The summed E-state index contributed by atoms with van der Waals surface area (Å²) in [5.74, 6) is 0.862. The number of nitrogens with two attached hydrogens (primary N) is 1. The molecule has 0 unspecified atom stereocenters. The molecule has 0 saturated heterocycles. The van der Waals surface area contributed by atoms with Crippen LogP contribution in [0, 0.1) is 0 Å². The van der Waals surface area contributed by atoms with Crippen LogP contribution in [0.5, 0.6) is 0 Å². The first-order valence-corrected chi connectivity index (χ1v) is 6.48. The highest BCUT2D eigenvalue weighted by Crippen LogP contribution is 2.33. The Morgan fingerprint density at radius 3 is 2.89 bits per heavy atom. The Hall–Kier alpha value is -1.62. The van der Waals surface area contributed by atoms with E-state index in [0.717, 1.165) is 29.7 Å². The Bertz CT molecular complexity index is 554. The number of fused-ring (bicyclic) bond motifs is 1. The summed E-state index contributed by atoms with van der Waals surface area (Å²) in [6.45, 7) is 0.651. The van der Waals surface area contributed by atoms with Crippen LogP contribution in [0.25, 0.3) is 11.0 Å². The number of rotatable bonds is 3. The van der Waals surface area contributed by atoms with Crippen molar-refractivity contribution in [2.45, 2.75) is 31.2 Å². The van der Waals surface area contributed by atoms with Gasteiger partial charge in [-0.15, -0.1) is 0 Å². The number of pyridine rings is 1. The van der Waals surface area contributed by atoms with Crippen LogP contribution in [-0.2, 0) is 7.05 Å². The van der Waals surface area contributed by atoms with Crippen molar-refractivity contribution in [2.75, 3.05) is 11.9 Å². The minimum absolute atomic E-state index is 0.0127. The van der Waals surface area contributed by atoms with Gasteiger partial charge in [0.25, 0.3) is 0 Å². The van der Waals surface area contributed by atoms with Gasteiger partial charge >= 0.3 is 0 Å². The molecule has 0 atom stereocenters. The first kappa shape index (κ1) is 11.5. The number of hydrogen-bond donors (Lipinski definition) is 2. The Morgan fingerprint density at radius 1 is 1.39 bits per heavy atom. The van der Waals surface area contributed by atoms with Crippen molar-refractivity contribution in [1.29, 1.82) is 0 Å². The Morgan fingerprint density at radius 2 is 2.17 bits per heavy atom. The Labute approximate surface area is 106 Å². The van der Waals surface area contributed by atoms with Gasteiger partial charge in [-0.3, -0.25) is 0 Å². The summed E-state index contributed by atoms with van der Waals surface area (Å²) in [6.07, 6.45) is 8.36. The van der Waals surface area contributed by atoms with Gasteiger partial charge in [-0.1, -0.05) is 12.8 Å². The van der Waals surface area contributed by atoms with Crippen molar-refractivity contribution < 1.29 is 0 Å². The van der Waals surface area contributed by atoms with Crippen molar-refractivity contribution in [2.24, 2.45) is 12.8 Å². The molecule has 0 bridgehead atoms. The van der Waals surface area contributed by atoms with Gasteiger partial charge in [-0.05, 0) is 18.9 Å². The fourth-order valence-electron chi connectivity index (χ4n) is 2.84. The first-order chi connectivity index (χ1) is 8.74. The zero-order chi connectivity index (χ0) is 12.6. The quantitative estimate of drug-likeness (QED) is 0.862. The molecule has 2 aromatic rings. The summed E-state index contributed by atoms with van der Waals surface area (Å²) in [6, 6.07) is 1.98. The van der Waals surface area contributed by atoms with Crippen LogP contribution in [0.4, 0.5) is 5.82 Å². The number of imidazole rings is 1. The molecule has 1 aliphatic rings. The molecule has 1 saturated carbocycles. The van der Waals surface area contributed by atoms with Crippen LogP contribution < -0.4 is 11.1 Å². The van der Waals surface area contributed by atoms with Crippen LogP contribution in [-0.4, -0.2) is 26.6 Å². The molecular weight excluding hydrogens is 226 g/mol. The first-order valence-electron chi connectivity index (χ1n) is 6.48. The number of anilines is 1. The molecule has 1 fully saturated rings. The van der Waals surface area contributed by atoms with Gasteiger partial charge in [0.1, 0.15) is 5.52 Å². The molecule has 0 aromatic carbocycles. The highest BCUT2D eigenvalue weighted by Gasteiger charge is 2.33. The lowest BCUT2D eigenvalue weighted by atomic mass is 9.98. The lowest BCUT2D eigenvalue weighted by Gasteiger charge is -2.29. The fourth-order valence-corrected chi connectivity index (χ4v) is 2.84. The number of nitrogens with zero attached hydrogens (tertiary/aromatic N) is 3. The molecule has 96 valence electrons. The van der Waals surface area contributed by atoms with E-state index in [9.17, 15) is 0 Å². The maximum absolute atomic E-state index is 5.95. The third-order valence-corrected chi connectivity index (χ3v) is 3.98. The minimum Gasteiger partial charge on any atom is -0.362 e. The smallest absolute Gasteiger partial charge is 0.154 e. The van der Waals surface area contributed by atoms with Crippen LogP contribution in [0.1, 0.15) is 25.7 Å². The highest BCUT2D eigenvalue weighted by atomic mass is 15.1. The van der Waals surface area contributed by atoms with Gasteiger partial charge in [0.2, 0.25) is 0 Å². The second-order valence-corrected chi connectivity index (χ2v) is 5.20. The molecule has 1 aliphatic carbocycles. The highest BCUT2D eigenvalue weighted by molar-refractivity contribution is 5.86. The van der Waals surface area contributed by atoms with Gasteiger partial charge in [0.15, 0.2) is 5.82 Å². The maximum atomic E-state index is 5.95. The third-order valence-electron chi connectivity index (χ3n) is 3.98. The zero-order valence-electron chi connectivity index (χ0n) is 10.7. The lowest BCUT2D eigenvalue weighted by Crippen LogP contribution is -2.43. The second-order valence-electron chi connectivity index (χ2n) is 5.20. The van der Waals surface area contributed by atoms with E-state index in [2.05, 4.69) is 15.3 Å². The average molecular weight is 245 g/mol. The molecule has 5 heteroatoms. The molecule has 0 aliphatic heterocycles. The van der Waals surface area contributed by atoms with Crippen LogP contribution in [0.3, 0.4) is 0 Å². The maximum Gasteiger partial charge on any atom is 0.154 e. The van der Waals surface area contributed by atoms with E-state index < -0.39 is 0 Å². The van der Waals surface area contributed by atoms with Crippen LogP contribution in [0.2, 0.25) is 0 Å². The normalized spacial score (nSPS) is 18.3. The number of nitrogens with one attached hydrogen (secondary N) is 1. The van der Waals surface area contributed by atoms with E-state index in [0.29, 0.717) is 6.54 Å².